The largest absolute Gasteiger partial charge is 0.382 e. The molecule has 0 aromatic carbocycles. The maximum Gasteiger partial charge on any atom is 0.166 e. The first kappa shape index (κ1) is 15.4. The molecule has 0 aliphatic carbocycles. The second-order valence-corrected chi connectivity index (χ2v) is 4.15. The zero-order chi connectivity index (χ0) is 14.1. The van der Waals surface area contributed by atoms with Gasteiger partial charge in [-0.25, -0.2) is 0 Å². The maximum atomic E-state index is 9.31. The van der Waals surface area contributed by atoms with Gasteiger partial charge in [0, 0.05) is 19.8 Å². The summed E-state index contributed by atoms with van der Waals surface area (Å²) in [5, 5.41) is 20.8. The van der Waals surface area contributed by atoms with Crippen LogP contribution in [-0.2, 0) is 17.6 Å². The van der Waals surface area contributed by atoms with E-state index >= 15 is 0 Å². The standard InChI is InChI=1S/C14H22N4O/c1-4-11-12(10-15)14(18-17-13(11)5-2)16-8-7-9-19-6-3/h4-9H2,1-3H3,(H,16,18). The van der Waals surface area contributed by atoms with Crippen LogP contribution in [0, 0.1) is 11.3 Å². The van der Waals surface area contributed by atoms with Crippen LogP contribution in [0.4, 0.5) is 5.82 Å². The van der Waals surface area contributed by atoms with Gasteiger partial charge in [0.25, 0.3) is 0 Å². The van der Waals surface area contributed by atoms with Crippen molar-refractivity contribution in [3.8, 4) is 6.07 Å². The highest BCUT2D eigenvalue weighted by atomic mass is 16.5. The summed E-state index contributed by atoms with van der Waals surface area (Å²) in [6.07, 6.45) is 2.49. The first-order valence-electron chi connectivity index (χ1n) is 6.88. The fraction of sp³-hybridized carbons (Fsp3) is 0.643. The van der Waals surface area contributed by atoms with E-state index in [4.69, 9.17) is 4.74 Å². The number of nitriles is 1. The van der Waals surface area contributed by atoms with Gasteiger partial charge in [-0.15, -0.1) is 5.10 Å². The molecule has 0 aliphatic rings. The molecule has 0 bridgehead atoms. The monoisotopic (exact) mass is 262 g/mol. The van der Waals surface area contributed by atoms with Crippen LogP contribution < -0.4 is 5.32 Å². The van der Waals surface area contributed by atoms with Crippen LogP contribution in [0.1, 0.15) is 44.0 Å². The lowest BCUT2D eigenvalue weighted by molar-refractivity contribution is 0.147. The fourth-order valence-electron chi connectivity index (χ4n) is 1.94. The number of hydrogen-bond acceptors (Lipinski definition) is 5. The zero-order valence-corrected chi connectivity index (χ0v) is 12.0. The van der Waals surface area contributed by atoms with Gasteiger partial charge in [-0.1, -0.05) is 13.8 Å². The van der Waals surface area contributed by atoms with Gasteiger partial charge in [-0.3, -0.25) is 0 Å². The van der Waals surface area contributed by atoms with Gasteiger partial charge in [0.2, 0.25) is 0 Å². The lowest BCUT2D eigenvalue weighted by Crippen LogP contribution is -2.12. The van der Waals surface area contributed by atoms with Crippen molar-refractivity contribution in [2.45, 2.75) is 40.0 Å². The molecule has 5 heteroatoms. The molecule has 1 N–H and O–H groups in total. The van der Waals surface area contributed by atoms with Crippen molar-refractivity contribution < 1.29 is 4.74 Å². The van der Waals surface area contributed by atoms with Crippen molar-refractivity contribution in [2.75, 3.05) is 25.1 Å². The van der Waals surface area contributed by atoms with E-state index in [2.05, 4.69) is 21.6 Å². The van der Waals surface area contributed by atoms with Crippen LogP contribution in [0.5, 0.6) is 0 Å². The summed E-state index contributed by atoms with van der Waals surface area (Å²) in [5.74, 6) is 0.591. The average Bonchev–Trinajstić information content (AvgIpc) is 2.45. The molecule has 1 aromatic rings. The highest BCUT2D eigenvalue weighted by Crippen LogP contribution is 2.19. The Bertz CT molecular complexity index is 440. The summed E-state index contributed by atoms with van der Waals surface area (Å²) < 4.78 is 5.27. The number of aryl methyl sites for hydroxylation is 1. The maximum absolute atomic E-state index is 9.31. The van der Waals surface area contributed by atoms with E-state index in [1.165, 1.54) is 0 Å². The predicted molar refractivity (Wildman–Crippen MR) is 75.1 cm³/mol. The van der Waals surface area contributed by atoms with E-state index in [0.717, 1.165) is 43.7 Å². The van der Waals surface area contributed by atoms with Crippen molar-refractivity contribution in [1.82, 2.24) is 10.2 Å². The van der Waals surface area contributed by atoms with Crippen molar-refractivity contribution in [3.63, 3.8) is 0 Å². The van der Waals surface area contributed by atoms with Crippen LogP contribution in [0.15, 0.2) is 0 Å². The van der Waals surface area contributed by atoms with Crippen molar-refractivity contribution in [1.29, 1.82) is 5.26 Å². The SMILES string of the molecule is CCOCCCNc1nnc(CC)c(CC)c1C#N. The van der Waals surface area contributed by atoms with Gasteiger partial charge in [0.05, 0.1) is 5.69 Å². The molecular weight excluding hydrogens is 240 g/mol. The van der Waals surface area contributed by atoms with E-state index in [-0.39, 0.29) is 0 Å². The molecule has 1 heterocycles. The zero-order valence-electron chi connectivity index (χ0n) is 12.0. The van der Waals surface area contributed by atoms with Gasteiger partial charge in [-0.05, 0) is 31.7 Å². The van der Waals surface area contributed by atoms with E-state index in [1.54, 1.807) is 0 Å². The summed E-state index contributed by atoms with van der Waals surface area (Å²) >= 11 is 0. The Hall–Kier alpha value is -1.67. The first-order valence-corrected chi connectivity index (χ1v) is 6.88. The Morgan fingerprint density at radius 2 is 2.00 bits per heavy atom. The quantitative estimate of drug-likeness (QED) is 0.728. The molecular formula is C14H22N4O. The number of anilines is 1. The minimum Gasteiger partial charge on any atom is -0.382 e. The third-order valence-corrected chi connectivity index (χ3v) is 2.92. The summed E-state index contributed by atoms with van der Waals surface area (Å²) in [4.78, 5) is 0. The van der Waals surface area contributed by atoms with Crippen molar-refractivity contribution >= 4 is 5.82 Å². The molecule has 1 aromatic heterocycles. The molecule has 19 heavy (non-hydrogen) atoms. The highest BCUT2D eigenvalue weighted by molar-refractivity contribution is 5.56. The summed E-state index contributed by atoms with van der Waals surface area (Å²) in [6.45, 7) is 8.22. The second-order valence-electron chi connectivity index (χ2n) is 4.15. The van der Waals surface area contributed by atoms with Crippen LogP contribution in [0.25, 0.3) is 0 Å². The first-order chi connectivity index (χ1) is 9.28. The molecule has 0 saturated heterocycles. The summed E-state index contributed by atoms with van der Waals surface area (Å²) in [6, 6.07) is 2.25. The van der Waals surface area contributed by atoms with Gasteiger partial charge >= 0.3 is 0 Å². The number of hydrogen-bond donors (Lipinski definition) is 1. The van der Waals surface area contributed by atoms with Gasteiger partial charge < -0.3 is 10.1 Å². The smallest absolute Gasteiger partial charge is 0.166 e. The van der Waals surface area contributed by atoms with E-state index < -0.39 is 0 Å². The molecule has 0 amide bonds. The lowest BCUT2D eigenvalue weighted by Gasteiger charge is -2.11. The Morgan fingerprint density at radius 3 is 2.58 bits per heavy atom. The molecule has 0 unspecified atom stereocenters. The third-order valence-electron chi connectivity index (χ3n) is 2.92. The summed E-state index contributed by atoms with van der Waals surface area (Å²) in [5.41, 5.74) is 2.55. The molecule has 104 valence electrons. The molecule has 0 radical (unpaired) electrons. The normalized spacial score (nSPS) is 10.2. The number of nitrogens with zero attached hydrogens (tertiary/aromatic N) is 3. The third kappa shape index (κ3) is 4.18. The van der Waals surface area contributed by atoms with E-state index in [0.29, 0.717) is 18.0 Å². The second kappa shape index (κ2) is 8.44. The molecule has 0 atom stereocenters. The molecule has 0 spiro atoms. The molecule has 1 rings (SSSR count). The van der Waals surface area contributed by atoms with Gasteiger partial charge in [-0.2, -0.15) is 10.4 Å². The van der Waals surface area contributed by atoms with Crippen LogP contribution in [0.2, 0.25) is 0 Å². The number of aromatic nitrogens is 2. The van der Waals surface area contributed by atoms with Crippen LogP contribution >= 0.6 is 0 Å². The van der Waals surface area contributed by atoms with Crippen LogP contribution in [-0.4, -0.2) is 30.0 Å². The predicted octanol–water partition coefficient (Wildman–Crippen LogP) is 2.31. The van der Waals surface area contributed by atoms with Gasteiger partial charge in [0.15, 0.2) is 5.82 Å². The molecule has 5 nitrogen and oxygen atoms in total. The minimum atomic E-state index is 0.591. The van der Waals surface area contributed by atoms with Crippen LogP contribution in [0.3, 0.4) is 0 Å². The Balaban J connectivity index is 2.76. The Morgan fingerprint density at radius 1 is 1.21 bits per heavy atom. The Labute approximate surface area is 115 Å². The fourth-order valence-corrected chi connectivity index (χ4v) is 1.94. The highest BCUT2D eigenvalue weighted by Gasteiger charge is 2.13. The van der Waals surface area contributed by atoms with E-state index in [9.17, 15) is 5.26 Å². The minimum absolute atomic E-state index is 0.591. The molecule has 0 saturated carbocycles. The van der Waals surface area contributed by atoms with Gasteiger partial charge in [0.1, 0.15) is 11.6 Å². The average molecular weight is 262 g/mol. The number of nitrogens with one attached hydrogen (secondary N) is 1. The molecule has 0 aliphatic heterocycles. The van der Waals surface area contributed by atoms with E-state index in [1.807, 2.05) is 20.8 Å². The topological polar surface area (TPSA) is 70.8 Å². The number of rotatable bonds is 8. The Kier molecular flexibility index (Phi) is 6.83. The van der Waals surface area contributed by atoms with Crippen molar-refractivity contribution in [2.24, 2.45) is 0 Å². The summed E-state index contributed by atoms with van der Waals surface area (Å²) in [7, 11) is 0. The molecule has 0 fully saturated rings. The lowest BCUT2D eigenvalue weighted by atomic mass is 10.0. The van der Waals surface area contributed by atoms with Crippen molar-refractivity contribution in [3.05, 3.63) is 16.8 Å². The number of ether oxygens (including phenoxy) is 1.